The summed E-state index contributed by atoms with van der Waals surface area (Å²) in [5, 5.41) is 14.6. The Bertz CT molecular complexity index is 24.8. The van der Waals surface area contributed by atoms with E-state index in [1.165, 1.54) is 0 Å². The molecule has 0 rings (SSSR count). The second-order valence-electron chi connectivity index (χ2n) is 0.415. The molecule has 0 aliphatic heterocycles. The van der Waals surface area contributed by atoms with E-state index in [0.717, 1.165) is 0 Å². The predicted molar refractivity (Wildman–Crippen MR) is 19.5 cm³/mol. The Morgan fingerprint density at radius 3 is 1.67 bits per heavy atom. The molecule has 0 atom stereocenters. The Labute approximate surface area is 77.0 Å². The second-order valence-corrected chi connectivity index (χ2v) is 0.415. The van der Waals surface area contributed by atoms with Crippen molar-refractivity contribution in [3.8, 4) is 0 Å². The second kappa shape index (κ2) is 6.51. The minimum absolute atomic E-state index is 0. The zero-order valence-electron chi connectivity index (χ0n) is 2.26. The van der Waals surface area contributed by atoms with E-state index >= 15 is 0 Å². The molecule has 0 spiro atoms. The van der Waals surface area contributed by atoms with Gasteiger partial charge in [0.25, 0.3) is 0 Å². The molecule has 0 aromatic carbocycles. The molecular weight excluding hydrogens is 117 g/mol. The van der Waals surface area contributed by atoms with Gasteiger partial charge < -0.3 is 10.0 Å². The van der Waals surface area contributed by atoms with Crippen LogP contribution >= 0.6 is 0 Å². The van der Waals surface area contributed by atoms with Crippen LogP contribution in [0.1, 0.15) is 0 Å². The Morgan fingerprint density at radius 1 is 1.50 bits per heavy atom. The van der Waals surface area contributed by atoms with Gasteiger partial charge in [0.15, 0.2) is 0 Å². The molecule has 0 saturated heterocycles. The third kappa shape index (κ3) is 9.10. The number of rotatable bonds is 1. The van der Waals surface area contributed by atoms with Gasteiger partial charge in [0, 0.05) is 0 Å². The van der Waals surface area contributed by atoms with E-state index in [4.69, 9.17) is 10.0 Å². The third-order valence-corrected chi connectivity index (χ3v) is 0.0797. The van der Waals surface area contributed by atoms with Crippen molar-refractivity contribution in [2.75, 3.05) is 0 Å². The van der Waals surface area contributed by atoms with Gasteiger partial charge in [-0.15, -0.1) is 0 Å². The van der Waals surface area contributed by atoms with Crippen LogP contribution in [0.2, 0.25) is 0 Å². The van der Waals surface area contributed by atoms with Crippen LogP contribution < -0.4 is 0 Å². The molecule has 0 heterocycles. The molecule has 0 saturated carbocycles. The summed E-state index contributed by atoms with van der Waals surface area (Å²) in [6, 6.07) is 0. The summed E-state index contributed by atoms with van der Waals surface area (Å²) in [5.41, 5.74) is 0. The van der Waals surface area contributed by atoms with Gasteiger partial charge in [-0.05, 0) is 0 Å². The molecule has 6 heavy (non-hydrogen) atoms. The molecule has 3 nitrogen and oxygen atoms in total. The van der Waals surface area contributed by atoms with E-state index in [0.29, 0.717) is 0 Å². The summed E-state index contributed by atoms with van der Waals surface area (Å²) in [4.78, 5) is 2.36. The molecule has 6 heteroatoms. The van der Waals surface area contributed by atoms with Gasteiger partial charge in [0.05, 0.1) is 0 Å². The first-order valence-electron chi connectivity index (χ1n) is 0.906. The van der Waals surface area contributed by atoms with E-state index in [9.17, 15) is 4.53 Å². The summed E-state index contributed by atoms with van der Waals surface area (Å²) < 4.78 is 10.1. The van der Waals surface area contributed by atoms with Crippen molar-refractivity contribution >= 4 is 58.7 Å². The van der Waals surface area contributed by atoms with Crippen molar-refractivity contribution < 1.29 is 19.4 Å². The van der Waals surface area contributed by atoms with Gasteiger partial charge in [-0.1, -0.05) is 4.53 Å². The Hall–Kier alpha value is 1.51. The predicted octanol–water partition coefficient (Wildman–Crippen LogP) is -1.79. The first-order chi connectivity index (χ1) is 2.27. The van der Waals surface area contributed by atoms with Crippen molar-refractivity contribution in [2.45, 2.75) is 0 Å². The standard InChI is InChI=1S/BFH2O3.K.H/c2-5-1(3)4;;/h3-4H;;. The number of hydrogen-bond acceptors (Lipinski definition) is 3. The molecule has 0 aliphatic carbocycles. The van der Waals surface area contributed by atoms with E-state index in [1.54, 1.807) is 0 Å². The Balaban J connectivity index is 0. The fourth-order valence-corrected chi connectivity index (χ4v) is 0. The zero-order valence-corrected chi connectivity index (χ0v) is 2.26. The molecule has 0 fully saturated rings. The Kier molecular flexibility index (Phi) is 11.4. The van der Waals surface area contributed by atoms with Gasteiger partial charge in [-0.3, -0.25) is 0 Å². The number of hydrogen-bond donors (Lipinski definition) is 2. The van der Waals surface area contributed by atoms with E-state index in [2.05, 4.69) is 4.86 Å². The first kappa shape index (κ1) is 10.5. The van der Waals surface area contributed by atoms with E-state index < -0.39 is 7.32 Å². The van der Waals surface area contributed by atoms with Crippen LogP contribution in [0.4, 0.5) is 4.53 Å². The number of halogens is 1. The maximum absolute atomic E-state index is 10.1. The van der Waals surface area contributed by atoms with E-state index in [1.807, 2.05) is 0 Å². The molecule has 32 valence electrons. The molecule has 0 amide bonds. The first-order valence-corrected chi connectivity index (χ1v) is 0.906. The van der Waals surface area contributed by atoms with Crippen LogP contribution in [0, 0.1) is 0 Å². The van der Waals surface area contributed by atoms with Crippen molar-refractivity contribution in [3.63, 3.8) is 0 Å². The average Bonchev–Trinajstić information content (AvgIpc) is 1.38. The molecule has 0 aliphatic rings. The minimum atomic E-state index is -2.28. The van der Waals surface area contributed by atoms with Crippen molar-refractivity contribution in [2.24, 2.45) is 0 Å². The van der Waals surface area contributed by atoms with Crippen molar-refractivity contribution in [1.82, 2.24) is 0 Å². The molecule has 0 radical (unpaired) electrons. The molecule has 0 aromatic heterocycles. The summed E-state index contributed by atoms with van der Waals surface area (Å²) in [5.74, 6) is 0. The van der Waals surface area contributed by atoms with Gasteiger partial charge >= 0.3 is 58.7 Å². The zero-order chi connectivity index (χ0) is 4.28. The summed E-state index contributed by atoms with van der Waals surface area (Å²) in [6.07, 6.45) is 0. The normalized spacial score (nSPS) is 6.50. The van der Waals surface area contributed by atoms with Crippen LogP contribution in [-0.2, 0) is 4.86 Å². The van der Waals surface area contributed by atoms with Gasteiger partial charge in [-0.25, -0.2) is 0 Å². The molecular formula is H3BFKO3. The Morgan fingerprint density at radius 2 is 1.67 bits per heavy atom. The van der Waals surface area contributed by atoms with Crippen LogP contribution in [0.3, 0.4) is 0 Å². The maximum atomic E-state index is 10.1. The van der Waals surface area contributed by atoms with Gasteiger partial charge in [0.2, 0.25) is 0 Å². The van der Waals surface area contributed by atoms with Crippen LogP contribution in [0.5, 0.6) is 0 Å². The third-order valence-electron chi connectivity index (χ3n) is 0.0797. The van der Waals surface area contributed by atoms with E-state index in [-0.39, 0.29) is 51.4 Å². The molecule has 0 unspecified atom stereocenters. The van der Waals surface area contributed by atoms with Crippen LogP contribution in [-0.4, -0.2) is 68.8 Å². The van der Waals surface area contributed by atoms with Crippen LogP contribution in [0.15, 0.2) is 0 Å². The van der Waals surface area contributed by atoms with Crippen molar-refractivity contribution in [1.29, 1.82) is 0 Å². The quantitative estimate of drug-likeness (QED) is 0.401. The summed E-state index contributed by atoms with van der Waals surface area (Å²) >= 11 is 0. The SMILES string of the molecule is OB(O)OF.[KH]. The van der Waals surface area contributed by atoms with Crippen molar-refractivity contribution in [3.05, 3.63) is 0 Å². The van der Waals surface area contributed by atoms with Crippen LogP contribution in [0.25, 0.3) is 0 Å². The summed E-state index contributed by atoms with van der Waals surface area (Å²) in [7, 11) is -2.28. The van der Waals surface area contributed by atoms with Gasteiger partial charge in [-0.2, -0.15) is 4.86 Å². The van der Waals surface area contributed by atoms with Gasteiger partial charge in [0.1, 0.15) is 0 Å². The fraction of sp³-hybridized carbons (Fsp3) is 0. The molecule has 2 N–H and O–H groups in total. The molecule has 0 aromatic rings. The summed E-state index contributed by atoms with van der Waals surface area (Å²) in [6.45, 7) is 0. The topological polar surface area (TPSA) is 49.7 Å². The molecule has 0 bridgehead atoms. The average molecular weight is 120 g/mol. The monoisotopic (exact) mass is 120 g/mol. The fourth-order valence-electron chi connectivity index (χ4n) is 0.